The number of hydrogen-bond donors (Lipinski definition) is 1. The molecule has 0 saturated carbocycles. The van der Waals surface area contributed by atoms with Gasteiger partial charge in [0.25, 0.3) is 0 Å². The van der Waals surface area contributed by atoms with Gasteiger partial charge in [0.15, 0.2) is 5.75 Å². The van der Waals surface area contributed by atoms with Crippen molar-refractivity contribution in [3.8, 4) is 17.2 Å². The van der Waals surface area contributed by atoms with Gasteiger partial charge in [-0.25, -0.2) is 4.79 Å². The van der Waals surface area contributed by atoms with E-state index < -0.39 is 5.63 Å². The van der Waals surface area contributed by atoms with E-state index in [-0.39, 0.29) is 42.7 Å². The van der Waals surface area contributed by atoms with Crippen LogP contribution in [0, 0.1) is 0 Å². The number of carbonyl (C=O) groups excluding carboxylic acids is 1. The second-order valence-corrected chi connectivity index (χ2v) is 4.56. The first-order valence-corrected chi connectivity index (χ1v) is 7.27. The molecule has 1 heterocycles. The molecule has 1 N–H and O–H groups in total. The minimum atomic E-state index is -0.743. The average molecular weight is 322 g/mol. The lowest BCUT2D eigenvalue weighted by Gasteiger charge is -2.09. The number of hydrogen-bond acceptors (Lipinski definition) is 7. The van der Waals surface area contributed by atoms with Crippen molar-refractivity contribution in [2.24, 2.45) is 0 Å². The van der Waals surface area contributed by atoms with Crippen molar-refractivity contribution in [3.63, 3.8) is 0 Å². The first-order valence-electron chi connectivity index (χ1n) is 7.27. The minimum absolute atomic E-state index is 0.117. The molecule has 2 rings (SSSR count). The van der Waals surface area contributed by atoms with Crippen LogP contribution in [0.5, 0.6) is 17.2 Å². The van der Waals surface area contributed by atoms with Crippen molar-refractivity contribution in [3.05, 3.63) is 28.6 Å². The van der Waals surface area contributed by atoms with Crippen molar-refractivity contribution in [1.29, 1.82) is 0 Å². The molecule has 0 radical (unpaired) electrons. The Labute approximate surface area is 132 Å². The fourth-order valence-electron chi connectivity index (χ4n) is 2.00. The van der Waals surface area contributed by atoms with Crippen LogP contribution in [-0.4, -0.2) is 30.9 Å². The Balaban J connectivity index is 2.20. The largest absolute Gasteiger partial charge is 0.504 e. The van der Waals surface area contributed by atoms with E-state index in [1.807, 2.05) is 0 Å². The number of carbonyl (C=O) groups is 1. The van der Waals surface area contributed by atoms with Gasteiger partial charge in [0.1, 0.15) is 11.3 Å². The molecule has 0 unspecified atom stereocenters. The van der Waals surface area contributed by atoms with Crippen LogP contribution in [0.4, 0.5) is 0 Å². The third kappa shape index (κ3) is 3.94. The molecule has 7 heteroatoms. The third-order valence-corrected chi connectivity index (χ3v) is 2.98. The first-order chi connectivity index (χ1) is 11.1. The zero-order valence-electron chi connectivity index (χ0n) is 13.0. The van der Waals surface area contributed by atoms with Gasteiger partial charge in [-0.3, -0.25) is 4.79 Å². The van der Waals surface area contributed by atoms with Gasteiger partial charge < -0.3 is 23.7 Å². The average Bonchev–Trinajstić information content (AvgIpc) is 2.52. The van der Waals surface area contributed by atoms with E-state index in [0.29, 0.717) is 17.7 Å². The molecule has 2 aromatic rings. The van der Waals surface area contributed by atoms with E-state index in [0.717, 1.165) is 0 Å². The molecule has 0 aliphatic heterocycles. The molecule has 7 nitrogen and oxygen atoms in total. The van der Waals surface area contributed by atoms with E-state index in [2.05, 4.69) is 0 Å². The summed E-state index contributed by atoms with van der Waals surface area (Å²) < 4.78 is 20.4. The minimum Gasteiger partial charge on any atom is -0.504 e. The standard InChI is InChI=1S/C16H18O7/c1-3-20-13(17)7-8-22-10-5-6-12-11(9-10)14(18)15(21-4-2)16(19)23-12/h5-6,9,18H,3-4,7-8H2,1-2H3. The first kappa shape index (κ1) is 16.7. The predicted octanol–water partition coefficient (Wildman–Crippen LogP) is 2.23. The summed E-state index contributed by atoms with van der Waals surface area (Å²) >= 11 is 0. The zero-order chi connectivity index (χ0) is 16.8. The van der Waals surface area contributed by atoms with Gasteiger partial charge in [0.2, 0.25) is 5.75 Å². The molecule has 23 heavy (non-hydrogen) atoms. The van der Waals surface area contributed by atoms with Crippen LogP contribution in [0.3, 0.4) is 0 Å². The van der Waals surface area contributed by atoms with Crippen LogP contribution in [0.15, 0.2) is 27.4 Å². The topological polar surface area (TPSA) is 95.2 Å². The molecule has 0 fully saturated rings. The number of rotatable bonds is 7. The van der Waals surface area contributed by atoms with E-state index in [9.17, 15) is 14.7 Å². The number of ether oxygens (including phenoxy) is 3. The van der Waals surface area contributed by atoms with Crippen LogP contribution in [0.2, 0.25) is 0 Å². The smallest absolute Gasteiger partial charge is 0.383 e. The van der Waals surface area contributed by atoms with Gasteiger partial charge in [0.05, 0.1) is 31.6 Å². The predicted molar refractivity (Wildman–Crippen MR) is 82.1 cm³/mol. The summed E-state index contributed by atoms with van der Waals surface area (Å²) in [6, 6.07) is 4.60. The van der Waals surface area contributed by atoms with Crippen LogP contribution in [0.1, 0.15) is 20.3 Å². The SMILES string of the molecule is CCOC(=O)CCOc1ccc2oc(=O)c(OCC)c(O)c2c1. The molecule has 0 saturated heterocycles. The quantitative estimate of drug-likeness (QED) is 0.617. The van der Waals surface area contributed by atoms with Crippen molar-refractivity contribution in [2.45, 2.75) is 20.3 Å². The second-order valence-electron chi connectivity index (χ2n) is 4.56. The number of benzene rings is 1. The Bertz CT molecular complexity index is 748. The monoisotopic (exact) mass is 322 g/mol. The van der Waals surface area contributed by atoms with Crippen molar-refractivity contribution < 1.29 is 28.5 Å². The van der Waals surface area contributed by atoms with Gasteiger partial charge in [0, 0.05) is 0 Å². The molecule has 0 bridgehead atoms. The van der Waals surface area contributed by atoms with Gasteiger partial charge in [-0.05, 0) is 32.0 Å². The van der Waals surface area contributed by atoms with E-state index in [1.165, 1.54) is 12.1 Å². The highest BCUT2D eigenvalue weighted by atomic mass is 16.5. The maximum atomic E-state index is 11.7. The molecule has 0 spiro atoms. The molecule has 0 amide bonds. The Morgan fingerprint density at radius 1 is 1.22 bits per heavy atom. The summed E-state index contributed by atoms with van der Waals surface area (Å²) in [6.45, 7) is 4.11. The fraction of sp³-hybridized carbons (Fsp3) is 0.375. The number of esters is 1. The van der Waals surface area contributed by atoms with Gasteiger partial charge in [-0.15, -0.1) is 0 Å². The zero-order valence-corrected chi connectivity index (χ0v) is 13.0. The molecule has 0 aliphatic rings. The summed E-state index contributed by atoms with van der Waals surface area (Å²) in [5.74, 6) is -0.452. The van der Waals surface area contributed by atoms with Crippen molar-refractivity contribution >= 4 is 16.9 Å². The van der Waals surface area contributed by atoms with Gasteiger partial charge in [-0.2, -0.15) is 0 Å². The summed E-state index contributed by atoms with van der Waals surface area (Å²) in [6.07, 6.45) is 0.117. The van der Waals surface area contributed by atoms with Crippen molar-refractivity contribution in [2.75, 3.05) is 19.8 Å². The van der Waals surface area contributed by atoms with Crippen molar-refractivity contribution in [1.82, 2.24) is 0 Å². The Morgan fingerprint density at radius 2 is 2.00 bits per heavy atom. The summed E-state index contributed by atoms with van der Waals surface area (Å²) in [5.41, 5.74) is -0.526. The molecule has 1 aromatic carbocycles. The lowest BCUT2D eigenvalue weighted by atomic mass is 10.2. The van der Waals surface area contributed by atoms with Crippen LogP contribution in [-0.2, 0) is 9.53 Å². The van der Waals surface area contributed by atoms with E-state index in [4.69, 9.17) is 18.6 Å². The summed E-state index contributed by atoms with van der Waals surface area (Å²) in [7, 11) is 0. The Morgan fingerprint density at radius 3 is 2.70 bits per heavy atom. The Hall–Kier alpha value is -2.70. The molecular weight excluding hydrogens is 304 g/mol. The fourth-order valence-corrected chi connectivity index (χ4v) is 2.00. The van der Waals surface area contributed by atoms with Crippen LogP contribution < -0.4 is 15.1 Å². The number of fused-ring (bicyclic) bond motifs is 1. The molecule has 1 aromatic heterocycles. The summed E-state index contributed by atoms with van der Waals surface area (Å²) in [5, 5.41) is 10.4. The third-order valence-electron chi connectivity index (χ3n) is 2.98. The maximum Gasteiger partial charge on any atom is 0.383 e. The lowest BCUT2D eigenvalue weighted by molar-refractivity contribution is -0.143. The highest BCUT2D eigenvalue weighted by molar-refractivity contribution is 5.86. The van der Waals surface area contributed by atoms with E-state index in [1.54, 1.807) is 19.9 Å². The number of aromatic hydroxyl groups is 1. The highest BCUT2D eigenvalue weighted by Crippen LogP contribution is 2.33. The molecular formula is C16H18O7. The normalized spacial score (nSPS) is 10.5. The molecule has 0 atom stereocenters. The van der Waals surface area contributed by atoms with Gasteiger partial charge in [-0.1, -0.05) is 0 Å². The summed E-state index contributed by atoms with van der Waals surface area (Å²) in [4.78, 5) is 22.9. The molecule has 0 aliphatic carbocycles. The van der Waals surface area contributed by atoms with E-state index >= 15 is 0 Å². The lowest BCUT2D eigenvalue weighted by Crippen LogP contribution is -2.09. The van der Waals surface area contributed by atoms with Crippen LogP contribution in [0.25, 0.3) is 11.0 Å². The highest BCUT2D eigenvalue weighted by Gasteiger charge is 2.15. The Kier molecular flexibility index (Phi) is 5.46. The maximum absolute atomic E-state index is 11.7. The second kappa shape index (κ2) is 7.53. The van der Waals surface area contributed by atoms with Crippen LogP contribution >= 0.6 is 0 Å². The van der Waals surface area contributed by atoms with Gasteiger partial charge >= 0.3 is 11.6 Å². The molecule has 124 valence electrons.